The second kappa shape index (κ2) is 3.88. The SMILES string of the molecule is CCNC1(C#N)CC(OCC)C1. The maximum absolute atomic E-state index is 8.89. The molecule has 1 fully saturated rings. The van der Waals surface area contributed by atoms with Gasteiger partial charge in [-0.05, 0) is 13.5 Å². The van der Waals surface area contributed by atoms with Crippen LogP contribution in [-0.4, -0.2) is 24.8 Å². The molecule has 0 unspecified atom stereocenters. The molecule has 3 heteroatoms. The van der Waals surface area contributed by atoms with E-state index in [0.717, 1.165) is 26.0 Å². The molecule has 68 valence electrons. The highest BCUT2D eigenvalue weighted by Crippen LogP contribution is 2.33. The average molecular weight is 168 g/mol. The van der Waals surface area contributed by atoms with Gasteiger partial charge in [0, 0.05) is 19.4 Å². The second-order valence-corrected chi connectivity index (χ2v) is 3.21. The number of nitrogens with one attached hydrogen (secondary N) is 1. The molecule has 0 aliphatic heterocycles. The van der Waals surface area contributed by atoms with Crippen LogP contribution in [0.15, 0.2) is 0 Å². The summed E-state index contributed by atoms with van der Waals surface area (Å²) in [6.07, 6.45) is 1.98. The van der Waals surface area contributed by atoms with Crippen LogP contribution in [0.25, 0.3) is 0 Å². The van der Waals surface area contributed by atoms with E-state index in [2.05, 4.69) is 11.4 Å². The summed E-state index contributed by atoms with van der Waals surface area (Å²) in [5.41, 5.74) is -0.283. The van der Waals surface area contributed by atoms with Gasteiger partial charge >= 0.3 is 0 Å². The van der Waals surface area contributed by atoms with E-state index in [1.165, 1.54) is 0 Å². The number of rotatable bonds is 4. The first-order chi connectivity index (χ1) is 5.76. The minimum Gasteiger partial charge on any atom is -0.378 e. The summed E-state index contributed by atoms with van der Waals surface area (Å²) < 4.78 is 5.39. The van der Waals surface area contributed by atoms with Crippen molar-refractivity contribution in [2.75, 3.05) is 13.2 Å². The first-order valence-corrected chi connectivity index (χ1v) is 4.54. The van der Waals surface area contributed by atoms with Gasteiger partial charge in [0.05, 0.1) is 12.2 Å². The fourth-order valence-corrected chi connectivity index (χ4v) is 1.68. The second-order valence-electron chi connectivity index (χ2n) is 3.21. The summed E-state index contributed by atoms with van der Waals surface area (Å²) in [6.45, 7) is 5.61. The van der Waals surface area contributed by atoms with Crippen LogP contribution in [0.5, 0.6) is 0 Å². The minimum absolute atomic E-state index is 0.283. The van der Waals surface area contributed by atoms with Crippen LogP contribution >= 0.6 is 0 Å². The maximum atomic E-state index is 8.89. The van der Waals surface area contributed by atoms with Crippen LogP contribution in [0.2, 0.25) is 0 Å². The van der Waals surface area contributed by atoms with Crippen LogP contribution in [0.1, 0.15) is 26.7 Å². The number of hydrogen-bond donors (Lipinski definition) is 1. The molecule has 1 aliphatic carbocycles. The van der Waals surface area contributed by atoms with Crippen LogP contribution in [0.3, 0.4) is 0 Å². The smallest absolute Gasteiger partial charge is 0.111 e. The Morgan fingerprint density at radius 3 is 2.67 bits per heavy atom. The average Bonchev–Trinajstić information content (AvgIpc) is 2.01. The first-order valence-electron chi connectivity index (χ1n) is 4.54. The monoisotopic (exact) mass is 168 g/mol. The molecule has 0 bridgehead atoms. The summed E-state index contributed by atoms with van der Waals surface area (Å²) in [7, 11) is 0. The zero-order valence-electron chi connectivity index (χ0n) is 7.76. The highest BCUT2D eigenvalue weighted by Gasteiger charge is 2.44. The van der Waals surface area contributed by atoms with Crippen molar-refractivity contribution in [1.82, 2.24) is 5.32 Å². The molecule has 0 atom stereocenters. The van der Waals surface area contributed by atoms with Gasteiger partial charge in [0.15, 0.2) is 0 Å². The van der Waals surface area contributed by atoms with Crippen molar-refractivity contribution in [3.8, 4) is 6.07 Å². The highest BCUT2D eigenvalue weighted by molar-refractivity contribution is 5.16. The molecule has 1 saturated carbocycles. The van der Waals surface area contributed by atoms with Gasteiger partial charge in [0.25, 0.3) is 0 Å². The molecule has 1 aliphatic rings. The van der Waals surface area contributed by atoms with E-state index in [-0.39, 0.29) is 5.54 Å². The first kappa shape index (κ1) is 9.50. The third-order valence-electron chi connectivity index (χ3n) is 2.28. The van der Waals surface area contributed by atoms with Gasteiger partial charge in [-0.1, -0.05) is 6.92 Å². The zero-order valence-corrected chi connectivity index (χ0v) is 7.76. The number of ether oxygens (including phenoxy) is 1. The molecule has 0 aromatic rings. The van der Waals surface area contributed by atoms with Gasteiger partial charge in [0.1, 0.15) is 5.54 Å². The predicted molar refractivity (Wildman–Crippen MR) is 46.7 cm³/mol. The van der Waals surface area contributed by atoms with E-state index in [1.54, 1.807) is 0 Å². The molecule has 0 radical (unpaired) electrons. The van der Waals surface area contributed by atoms with Crippen molar-refractivity contribution >= 4 is 0 Å². The molecule has 1 N–H and O–H groups in total. The lowest BCUT2D eigenvalue weighted by molar-refractivity contribution is -0.0308. The van der Waals surface area contributed by atoms with Gasteiger partial charge < -0.3 is 4.74 Å². The van der Waals surface area contributed by atoms with E-state index in [0.29, 0.717) is 6.10 Å². The van der Waals surface area contributed by atoms with Gasteiger partial charge in [-0.25, -0.2) is 0 Å². The zero-order chi connectivity index (χ0) is 9.03. The van der Waals surface area contributed by atoms with Crippen molar-refractivity contribution in [2.24, 2.45) is 0 Å². The van der Waals surface area contributed by atoms with E-state index >= 15 is 0 Å². The number of nitrogens with zero attached hydrogens (tertiary/aromatic N) is 1. The molecule has 0 aromatic heterocycles. The van der Waals surface area contributed by atoms with Crippen molar-refractivity contribution < 1.29 is 4.74 Å². The van der Waals surface area contributed by atoms with Gasteiger partial charge in [-0.2, -0.15) is 5.26 Å². The normalized spacial score (nSPS) is 33.9. The van der Waals surface area contributed by atoms with Crippen LogP contribution in [-0.2, 0) is 4.74 Å². The third kappa shape index (κ3) is 1.77. The summed E-state index contributed by atoms with van der Waals surface area (Å²) in [5.74, 6) is 0. The lowest BCUT2D eigenvalue weighted by atomic mass is 9.75. The van der Waals surface area contributed by atoms with E-state index in [1.807, 2.05) is 13.8 Å². The van der Waals surface area contributed by atoms with Gasteiger partial charge in [-0.3, -0.25) is 5.32 Å². The Labute approximate surface area is 73.7 Å². The minimum atomic E-state index is -0.283. The predicted octanol–water partition coefficient (Wildman–Crippen LogP) is 1.06. The fraction of sp³-hybridized carbons (Fsp3) is 0.889. The van der Waals surface area contributed by atoms with Gasteiger partial charge in [-0.15, -0.1) is 0 Å². The van der Waals surface area contributed by atoms with E-state index in [4.69, 9.17) is 10.00 Å². The standard InChI is InChI=1S/C9H16N2O/c1-3-11-9(7-10)5-8(6-9)12-4-2/h8,11H,3-6H2,1-2H3. The molecule has 0 amide bonds. The molecule has 12 heavy (non-hydrogen) atoms. The molecule has 0 spiro atoms. The Kier molecular flexibility index (Phi) is 3.07. The Morgan fingerprint density at radius 1 is 1.58 bits per heavy atom. The van der Waals surface area contributed by atoms with Crippen molar-refractivity contribution in [2.45, 2.75) is 38.3 Å². The van der Waals surface area contributed by atoms with Gasteiger partial charge in [0.2, 0.25) is 0 Å². The van der Waals surface area contributed by atoms with Crippen molar-refractivity contribution in [3.63, 3.8) is 0 Å². The lowest BCUT2D eigenvalue weighted by Gasteiger charge is -2.42. The summed E-state index contributed by atoms with van der Waals surface area (Å²) >= 11 is 0. The summed E-state index contributed by atoms with van der Waals surface area (Å²) in [4.78, 5) is 0. The van der Waals surface area contributed by atoms with E-state index in [9.17, 15) is 0 Å². The van der Waals surface area contributed by atoms with Crippen LogP contribution < -0.4 is 5.32 Å². The lowest BCUT2D eigenvalue weighted by Crippen LogP contribution is -2.57. The Bertz CT molecular complexity index is 179. The van der Waals surface area contributed by atoms with Crippen LogP contribution in [0, 0.1) is 11.3 Å². The molecule has 3 nitrogen and oxygen atoms in total. The summed E-state index contributed by atoms with van der Waals surface area (Å²) in [5, 5.41) is 12.1. The van der Waals surface area contributed by atoms with Crippen molar-refractivity contribution in [1.29, 1.82) is 5.26 Å². The molecule has 1 rings (SSSR count). The number of nitriles is 1. The Hall–Kier alpha value is -0.590. The molecular formula is C9H16N2O. The topological polar surface area (TPSA) is 45.0 Å². The maximum Gasteiger partial charge on any atom is 0.111 e. The highest BCUT2D eigenvalue weighted by atomic mass is 16.5. The number of hydrogen-bond acceptors (Lipinski definition) is 3. The van der Waals surface area contributed by atoms with Crippen LogP contribution in [0.4, 0.5) is 0 Å². The molecular weight excluding hydrogens is 152 g/mol. The molecule has 0 aromatic carbocycles. The third-order valence-corrected chi connectivity index (χ3v) is 2.28. The fourth-order valence-electron chi connectivity index (χ4n) is 1.68. The summed E-state index contributed by atoms with van der Waals surface area (Å²) in [6, 6.07) is 2.31. The molecule has 0 heterocycles. The Balaban J connectivity index is 2.32. The Morgan fingerprint density at radius 2 is 2.25 bits per heavy atom. The van der Waals surface area contributed by atoms with E-state index < -0.39 is 0 Å². The quantitative estimate of drug-likeness (QED) is 0.682. The molecule has 0 saturated heterocycles. The van der Waals surface area contributed by atoms with Crippen molar-refractivity contribution in [3.05, 3.63) is 0 Å². The largest absolute Gasteiger partial charge is 0.378 e.